The van der Waals surface area contributed by atoms with Crippen LogP contribution < -0.4 is 10.5 Å². The highest BCUT2D eigenvalue weighted by Crippen LogP contribution is 2.24. The zero-order valence-electron chi connectivity index (χ0n) is 11.4. The summed E-state index contributed by atoms with van der Waals surface area (Å²) in [5.74, 6) is -0.443. The number of ether oxygens (including phenoxy) is 1. The molecular formula is C12H17ClN2O4S. The lowest BCUT2D eigenvalue weighted by atomic mass is 10.1. The molecule has 1 amide bonds. The summed E-state index contributed by atoms with van der Waals surface area (Å²) in [6.07, 6.45) is 0. The second kappa shape index (κ2) is 6.53. The zero-order chi connectivity index (χ0) is 15.5. The van der Waals surface area contributed by atoms with Crippen LogP contribution in [0.25, 0.3) is 0 Å². The van der Waals surface area contributed by atoms with Crippen LogP contribution in [0.5, 0.6) is 0 Å². The number of hydrogen-bond acceptors (Lipinski definition) is 4. The van der Waals surface area contributed by atoms with E-state index in [-0.39, 0.29) is 21.5 Å². The molecule has 0 aliphatic heterocycles. The summed E-state index contributed by atoms with van der Waals surface area (Å²) in [5.41, 5.74) is 0.447. The maximum absolute atomic E-state index is 12.0. The number of benzene rings is 1. The fraction of sp³-hybridized carbons (Fsp3) is 0.417. The number of nitrogens with two attached hydrogens (primary N) is 1. The molecule has 1 rings (SSSR count). The van der Waals surface area contributed by atoms with Gasteiger partial charge in [0.2, 0.25) is 10.0 Å². The molecule has 0 aliphatic rings. The number of carbonyl (C=O) groups is 1. The van der Waals surface area contributed by atoms with Gasteiger partial charge in [0.1, 0.15) is 0 Å². The minimum Gasteiger partial charge on any atom is -0.383 e. The summed E-state index contributed by atoms with van der Waals surface area (Å²) in [4.78, 5) is 11.9. The van der Waals surface area contributed by atoms with E-state index in [9.17, 15) is 13.2 Å². The zero-order valence-corrected chi connectivity index (χ0v) is 13.0. The summed E-state index contributed by atoms with van der Waals surface area (Å²) in [6, 6.07) is 2.40. The maximum atomic E-state index is 12.0. The van der Waals surface area contributed by atoms with E-state index in [1.165, 1.54) is 26.2 Å². The number of nitrogens with one attached hydrogen (secondary N) is 1. The highest BCUT2D eigenvalue weighted by Gasteiger charge is 2.19. The topological polar surface area (TPSA) is 98.5 Å². The van der Waals surface area contributed by atoms with Crippen molar-refractivity contribution in [2.45, 2.75) is 24.8 Å². The predicted octanol–water partition coefficient (Wildman–Crippen LogP) is 1.06. The molecule has 3 N–H and O–H groups in total. The monoisotopic (exact) mass is 320 g/mol. The molecule has 6 nitrogen and oxygen atoms in total. The van der Waals surface area contributed by atoms with E-state index in [4.69, 9.17) is 21.5 Å². The van der Waals surface area contributed by atoms with Gasteiger partial charge in [-0.15, -0.1) is 0 Å². The predicted molar refractivity (Wildman–Crippen MR) is 76.4 cm³/mol. The van der Waals surface area contributed by atoms with Crippen molar-refractivity contribution < 1.29 is 17.9 Å². The first-order valence-electron chi connectivity index (χ1n) is 5.79. The van der Waals surface area contributed by atoms with Gasteiger partial charge in [0.15, 0.2) is 0 Å². The Bertz CT molecular complexity index is 616. The molecule has 1 aromatic rings. The van der Waals surface area contributed by atoms with Crippen molar-refractivity contribution in [1.82, 2.24) is 5.32 Å². The molecule has 0 aromatic heterocycles. The lowest BCUT2D eigenvalue weighted by molar-refractivity contribution is 0.0905. The second-order valence-electron chi connectivity index (χ2n) is 4.46. The normalized spacial score (nSPS) is 13.1. The number of sulfonamides is 1. The van der Waals surface area contributed by atoms with Crippen LogP contribution in [-0.2, 0) is 14.8 Å². The second-order valence-corrected chi connectivity index (χ2v) is 6.39. The number of hydrogen-bond donors (Lipinski definition) is 2. The Kier molecular flexibility index (Phi) is 5.52. The van der Waals surface area contributed by atoms with Crippen molar-refractivity contribution in [1.29, 1.82) is 0 Å². The van der Waals surface area contributed by atoms with Crippen LogP contribution in [0.2, 0.25) is 5.02 Å². The highest BCUT2D eigenvalue weighted by atomic mass is 35.5. The van der Waals surface area contributed by atoms with Crippen LogP contribution in [0, 0.1) is 6.92 Å². The third-order valence-corrected chi connectivity index (χ3v) is 4.09. The van der Waals surface area contributed by atoms with E-state index in [1.54, 1.807) is 6.92 Å². The fourth-order valence-electron chi connectivity index (χ4n) is 1.68. The van der Waals surface area contributed by atoms with Crippen LogP contribution in [0.3, 0.4) is 0 Å². The Balaban J connectivity index is 3.15. The Labute approximate surface area is 123 Å². The standard InChI is InChI=1S/C12H17ClN2O4S/c1-7(6-19-3)15-12(16)9-4-10(13)8(2)11(5-9)20(14,17)18/h4-5,7H,6H2,1-3H3,(H,15,16)(H2,14,17,18). The molecule has 0 radical (unpaired) electrons. The molecule has 1 unspecified atom stereocenters. The van der Waals surface area contributed by atoms with E-state index >= 15 is 0 Å². The number of halogens is 1. The Morgan fingerprint density at radius 1 is 1.50 bits per heavy atom. The van der Waals surface area contributed by atoms with Gasteiger partial charge in [-0.1, -0.05) is 11.6 Å². The van der Waals surface area contributed by atoms with Crippen molar-refractivity contribution in [3.8, 4) is 0 Å². The van der Waals surface area contributed by atoms with Crippen LogP contribution in [0.4, 0.5) is 0 Å². The SMILES string of the molecule is COCC(C)NC(=O)c1cc(Cl)c(C)c(S(N)(=O)=O)c1. The molecule has 1 atom stereocenters. The third-order valence-electron chi connectivity index (χ3n) is 2.66. The third kappa shape index (κ3) is 4.17. The molecule has 0 heterocycles. The Hall–Kier alpha value is -1.15. The number of rotatable bonds is 5. The molecule has 0 aliphatic carbocycles. The van der Waals surface area contributed by atoms with Gasteiger partial charge in [-0.3, -0.25) is 4.79 Å². The average molecular weight is 321 g/mol. The number of methoxy groups -OCH3 is 1. The smallest absolute Gasteiger partial charge is 0.251 e. The van der Waals surface area contributed by atoms with Crippen molar-refractivity contribution in [3.05, 3.63) is 28.3 Å². The first-order chi connectivity index (χ1) is 9.16. The van der Waals surface area contributed by atoms with Gasteiger partial charge in [0.05, 0.1) is 11.5 Å². The first-order valence-corrected chi connectivity index (χ1v) is 7.72. The van der Waals surface area contributed by atoms with Crippen molar-refractivity contribution in [2.24, 2.45) is 5.14 Å². The lowest BCUT2D eigenvalue weighted by Crippen LogP contribution is -2.35. The molecule has 0 bridgehead atoms. The molecule has 112 valence electrons. The average Bonchev–Trinajstić information content (AvgIpc) is 2.30. The van der Waals surface area contributed by atoms with Crippen molar-refractivity contribution in [3.63, 3.8) is 0 Å². The van der Waals surface area contributed by atoms with E-state index in [1.807, 2.05) is 0 Å². The summed E-state index contributed by atoms with van der Waals surface area (Å²) >= 11 is 5.94. The quantitative estimate of drug-likeness (QED) is 0.847. The van der Waals surface area contributed by atoms with E-state index in [0.717, 1.165) is 0 Å². The largest absolute Gasteiger partial charge is 0.383 e. The molecule has 8 heteroatoms. The summed E-state index contributed by atoms with van der Waals surface area (Å²) in [5, 5.41) is 7.94. The van der Waals surface area contributed by atoms with Crippen molar-refractivity contribution in [2.75, 3.05) is 13.7 Å². The fourth-order valence-corrected chi connectivity index (χ4v) is 2.78. The number of carbonyl (C=O) groups excluding carboxylic acids is 1. The van der Waals surface area contributed by atoms with Crippen LogP contribution in [-0.4, -0.2) is 34.1 Å². The first kappa shape index (κ1) is 16.9. The van der Waals surface area contributed by atoms with E-state index in [0.29, 0.717) is 12.2 Å². The molecule has 0 fully saturated rings. The summed E-state index contributed by atoms with van der Waals surface area (Å²) < 4.78 is 27.9. The van der Waals surface area contributed by atoms with Gasteiger partial charge < -0.3 is 10.1 Å². The van der Waals surface area contributed by atoms with Gasteiger partial charge in [-0.25, -0.2) is 13.6 Å². The van der Waals surface area contributed by atoms with Gasteiger partial charge in [-0.2, -0.15) is 0 Å². The molecular weight excluding hydrogens is 304 g/mol. The molecule has 1 aromatic carbocycles. The van der Waals surface area contributed by atoms with Crippen LogP contribution in [0.1, 0.15) is 22.8 Å². The summed E-state index contributed by atoms with van der Waals surface area (Å²) in [6.45, 7) is 3.63. The Morgan fingerprint density at radius 3 is 2.60 bits per heavy atom. The van der Waals surface area contributed by atoms with E-state index < -0.39 is 15.9 Å². The number of amides is 1. The molecule has 0 spiro atoms. The molecule has 0 saturated heterocycles. The minimum atomic E-state index is -3.94. The molecule has 20 heavy (non-hydrogen) atoms. The Morgan fingerprint density at radius 2 is 2.10 bits per heavy atom. The maximum Gasteiger partial charge on any atom is 0.251 e. The lowest BCUT2D eigenvalue weighted by Gasteiger charge is -2.14. The van der Waals surface area contributed by atoms with Gasteiger partial charge in [0.25, 0.3) is 5.91 Å². The van der Waals surface area contributed by atoms with Gasteiger partial charge in [-0.05, 0) is 31.5 Å². The van der Waals surface area contributed by atoms with Crippen LogP contribution in [0.15, 0.2) is 17.0 Å². The van der Waals surface area contributed by atoms with Crippen LogP contribution >= 0.6 is 11.6 Å². The summed E-state index contributed by atoms with van der Waals surface area (Å²) in [7, 11) is -2.42. The van der Waals surface area contributed by atoms with Gasteiger partial charge >= 0.3 is 0 Å². The highest BCUT2D eigenvalue weighted by molar-refractivity contribution is 7.89. The van der Waals surface area contributed by atoms with E-state index in [2.05, 4.69) is 5.32 Å². The number of primary sulfonamides is 1. The van der Waals surface area contributed by atoms with Gasteiger partial charge in [0, 0.05) is 23.7 Å². The molecule has 0 saturated carbocycles. The minimum absolute atomic E-state index is 0.132. The van der Waals surface area contributed by atoms with Crippen molar-refractivity contribution >= 4 is 27.5 Å².